The number of likely N-dealkylation sites (N-methyl/N-ethyl adjacent to an activating group) is 1. The number of nitrogens with one attached hydrogen (secondary N) is 1. The van der Waals surface area contributed by atoms with E-state index in [9.17, 15) is 0 Å². The second-order valence-electron chi connectivity index (χ2n) is 4.93. The summed E-state index contributed by atoms with van der Waals surface area (Å²) in [7, 11) is 0. The fourth-order valence-corrected chi connectivity index (χ4v) is 3.99. The summed E-state index contributed by atoms with van der Waals surface area (Å²) in [5, 5.41) is 3.67. The summed E-state index contributed by atoms with van der Waals surface area (Å²) in [4.78, 5) is 4.09. The molecule has 2 rings (SSSR count). The second-order valence-corrected chi connectivity index (χ2v) is 6.56. The standard InChI is InChI=1S/C14H22N2S/c1-3-16-13(14(2)7-4-10-17-14)11-12-5-8-15-9-6-12/h5-6,8-9,13,16H,3-4,7,10-11H2,1-2H3. The highest BCUT2D eigenvalue weighted by Crippen LogP contribution is 2.41. The van der Waals surface area contributed by atoms with Crippen LogP contribution in [0.3, 0.4) is 0 Å². The van der Waals surface area contributed by atoms with Crippen LogP contribution in [0.1, 0.15) is 32.3 Å². The van der Waals surface area contributed by atoms with Crippen LogP contribution in [0, 0.1) is 0 Å². The van der Waals surface area contributed by atoms with E-state index in [0.29, 0.717) is 10.8 Å². The zero-order valence-corrected chi connectivity index (χ0v) is 11.6. The van der Waals surface area contributed by atoms with Gasteiger partial charge in [0, 0.05) is 23.2 Å². The summed E-state index contributed by atoms with van der Waals surface area (Å²) in [5.41, 5.74) is 1.39. The lowest BCUT2D eigenvalue weighted by atomic mass is 9.91. The first-order chi connectivity index (χ1) is 8.24. The van der Waals surface area contributed by atoms with E-state index in [1.54, 1.807) is 0 Å². The Bertz CT molecular complexity index is 333. The molecule has 1 aromatic heterocycles. The molecule has 2 unspecified atom stereocenters. The van der Waals surface area contributed by atoms with Crippen molar-refractivity contribution in [1.82, 2.24) is 10.3 Å². The lowest BCUT2D eigenvalue weighted by molar-refractivity contribution is 0.406. The molecule has 1 N–H and O–H groups in total. The monoisotopic (exact) mass is 250 g/mol. The van der Waals surface area contributed by atoms with E-state index in [0.717, 1.165) is 13.0 Å². The maximum Gasteiger partial charge on any atom is 0.0288 e. The third-order valence-electron chi connectivity index (χ3n) is 3.63. The lowest BCUT2D eigenvalue weighted by Gasteiger charge is -2.34. The van der Waals surface area contributed by atoms with Gasteiger partial charge in [-0.2, -0.15) is 11.8 Å². The fourth-order valence-electron chi connectivity index (χ4n) is 2.58. The van der Waals surface area contributed by atoms with E-state index in [2.05, 4.69) is 48.0 Å². The van der Waals surface area contributed by atoms with Gasteiger partial charge in [-0.3, -0.25) is 4.98 Å². The summed E-state index contributed by atoms with van der Waals surface area (Å²) in [6, 6.07) is 4.84. The van der Waals surface area contributed by atoms with Crippen LogP contribution in [-0.4, -0.2) is 28.1 Å². The largest absolute Gasteiger partial charge is 0.313 e. The fraction of sp³-hybridized carbons (Fsp3) is 0.643. The summed E-state index contributed by atoms with van der Waals surface area (Å²) in [6.45, 7) is 5.66. The number of aromatic nitrogens is 1. The van der Waals surface area contributed by atoms with Crippen LogP contribution in [-0.2, 0) is 6.42 Å². The van der Waals surface area contributed by atoms with Crippen molar-refractivity contribution >= 4 is 11.8 Å². The predicted octanol–water partition coefficient (Wildman–Crippen LogP) is 2.89. The minimum Gasteiger partial charge on any atom is -0.313 e. The van der Waals surface area contributed by atoms with Gasteiger partial charge < -0.3 is 5.32 Å². The topological polar surface area (TPSA) is 24.9 Å². The predicted molar refractivity (Wildman–Crippen MR) is 75.5 cm³/mol. The van der Waals surface area contributed by atoms with Crippen molar-refractivity contribution in [2.75, 3.05) is 12.3 Å². The molecule has 0 aromatic carbocycles. The zero-order chi connectivity index (χ0) is 12.1. The van der Waals surface area contributed by atoms with E-state index in [4.69, 9.17) is 0 Å². The van der Waals surface area contributed by atoms with Gasteiger partial charge in [-0.25, -0.2) is 0 Å². The molecule has 0 bridgehead atoms. The maximum atomic E-state index is 4.09. The van der Waals surface area contributed by atoms with Gasteiger partial charge >= 0.3 is 0 Å². The Balaban J connectivity index is 2.07. The van der Waals surface area contributed by atoms with Gasteiger partial charge in [0.25, 0.3) is 0 Å². The third-order valence-corrected chi connectivity index (χ3v) is 5.27. The van der Waals surface area contributed by atoms with Gasteiger partial charge in [0.1, 0.15) is 0 Å². The molecule has 2 heterocycles. The molecule has 1 aliphatic heterocycles. The lowest BCUT2D eigenvalue weighted by Crippen LogP contribution is -2.46. The van der Waals surface area contributed by atoms with Crippen LogP contribution in [0.15, 0.2) is 24.5 Å². The molecule has 0 spiro atoms. The molecule has 1 aromatic rings. The molecule has 1 saturated heterocycles. The molecule has 17 heavy (non-hydrogen) atoms. The van der Waals surface area contributed by atoms with Crippen molar-refractivity contribution in [3.05, 3.63) is 30.1 Å². The summed E-state index contributed by atoms with van der Waals surface area (Å²) < 4.78 is 0.402. The van der Waals surface area contributed by atoms with Crippen molar-refractivity contribution in [3.63, 3.8) is 0 Å². The number of thioether (sulfide) groups is 1. The number of hydrogen-bond acceptors (Lipinski definition) is 3. The number of rotatable bonds is 5. The van der Waals surface area contributed by atoms with Crippen molar-refractivity contribution in [3.8, 4) is 0 Å². The van der Waals surface area contributed by atoms with Gasteiger partial charge in [-0.05, 0) is 56.2 Å². The van der Waals surface area contributed by atoms with E-state index in [-0.39, 0.29) is 0 Å². The van der Waals surface area contributed by atoms with Crippen LogP contribution < -0.4 is 5.32 Å². The molecule has 94 valence electrons. The Kier molecular flexibility index (Phi) is 4.46. The molecule has 2 atom stereocenters. The molecule has 0 radical (unpaired) electrons. The van der Waals surface area contributed by atoms with E-state index >= 15 is 0 Å². The highest BCUT2D eigenvalue weighted by Gasteiger charge is 2.37. The maximum absolute atomic E-state index is 4.09. The van der Waals surface area contributed by atoms with E-state index in [1.165, 1.54) is 24.2 Å². The number of pyridine rings is 1. The Morgan fingerprint density at radius 3 is 2.82 bits per heavy atom. The van der Waals surface area contributed by atoms with Gasteiger partial charge in [-0.1, -0.05) is 6.92 Å². The number of nitrogens with zero attached hydrogens (tertiary/aromatic N) is 1. The van der Waals surface area contributed by atoms with Crippen molar-refractivity contribution in [2.45, 2.75) is 43.9 Å². The Labute approximate surface area is 109 Å². The smallest absolute Gasteiger partial charge is 0.0288 e. The molecule has 3 heteroatoms. The zero-order valence-electron chi connectivity index (χ0n) is 10.8. The second kappa shape index (κ2) is 5.87. The first-order valence-electron chi connectivity index (χ1n) is 6.51. The Morgan fingerprint density at radius 1 is 1.47 bits per heavy atom. The minimum absolute atomic E-state index is 0.402. The van der Waals surface area contributed by atoms with Gasteiger partial charge in [0.05, 0.1) is 0 Å². The third kappa shape index (κ3) is 3.23. The quantitative estimate of drug-likeness (QED) is 0.870. The Morgan fingerprint density at radius 2 is 2.24 bits per heavy atom. The molecule has 0 amide bonds. The molecule has 2 nitrogen and oxygen atoms in total. The number of hydrogen-bond donors (Lipinski definition) is 1. The van der Waals surface area contributed by atoms with Gasteiger partial charge in [0.15, 0.2) is 0 Å². The van der Waals surface area contributed by atoms with Crippen molar-refractivity contribution in [1.29, 1.82) is 0 Å². The molecule has 1 aliphatic rings. The Hall–Kier alpha value is -0.540. The minimum atomic E-state index is 0.402. The highest BCUT2D eigenvalue weighted by atomic mass is 32.2. The SMILES string of the molecule is CCNC(Cc1ccncc1)C1(C)CCCS1. The molecule has 1 fully saturated rings. The molecular formula is C14H22N2S. The average molecular weight is 250 g/mol. The van der Waals surface area contributed by atoms with Crippen molar-refractivity contribution < 1.29 is 0 Å². The van der Waals surface area contributed by atoms with Crippen LogP contribution in [0.2, 0.25) is 0 Å². The first kappa shape index (κ1) is 12.9. The average Bonchev–Trinajstić information content (AvgIpc) is 2.78. The van der Waals surface area contributed by atoms with Crippen LogP contribution in [0.25, 0.3) is 0 Å². The van der Waals surface area contributed by atoms with E-state index in [1.807, 2.05) is 12.4 Å². The highest BCUT2D eigenvalue weighted by molar-refractivity contribution is 8.00. The van der Waals surface area contributed by atoms with Gasteiger partial charge in [0.2, 0.25) is 0 Å². The van der Waals surface area contributed by atoms with Crippen LogP contribution in [0.5, 0.6) is 0 Å². The van der Waals surface area contributed by atoms with Crippen LogP contribution >= 0.6 is 11.8 Å². The van der Waals surface area contributed by atoms with E-state index < -0.39 is 0 Å². The molecular weight excluding hydrogens is 228 g/mol. The molecule has 0 saturated carbocycles. The molecule has 0 aliphatic carbocycles. The summed E-state index contributed by atoms with van der Waals surface area (Å²) in [6.07, 6.45) is 7.59. The van der Waals surface area contributed by atoms with Crippen LogP contribution in [0.4, 0.5) is 0 Å². The van der Waals surface area contributed by atoms with Gasteiger partial charge in [-0.15, -0.1) is 0 Å². The normalized spacial score (nSPS) is 26.0. The summed E-state index contributed by atoms with van der Waals surface area (Å²) >= 11 is 2.13. The van der Waals surface area contributed by atoms with Crippen molar-refractivity contribution in [2.24, 2.45) is 0 Å². The summed E-state index contributed by atoms with van der Waals surface area (Å²) in [5.74, 6) is 1.31. The first-order valence-corrected chi connectivity index (χ1v) is 7.49.